The molecule has 1 amide bonds. The summed E-state index contributed by atoms with van der Waals surface area (Å²) >= 11 is 3.90. The first-order chi connectivity index (χ1) is 10.6. The van der Waals surface area contributed by atoms with E-state index in [1.165, 1.54) is 9.13 Å². The molecule has 0 bridgehead atoms. The Morgan fingerprint density at radius 2 is 2.18 bits per heavy atom. The number of carbonyl (C=O) groups is 1. The molecule has 114 valence electrons. The molecule has 22 heavy (non-hydrogen) atoms. The van der Waals surface area contributed by atoms with Crippen LogP contribution in [0.1, 0.15) is 35.1 Å². The number of hydrogen-bond donors (Lipinski definition) is 0. The van der Waals surface area contributed by atoms with Gasteiger partial charge >= 0.3 is 0 Å². The van der Waals surface area contributed by atoms with Crippen LogP contribution in [0.5, 0.6) is 0 Å². The van der Waals surface area contributed by atoms with Crippen LogP contribution in [-0.4, -0.2) is 22.3 Å². The van der Waals surface area contributed by atoms with E-state index in [-0.39, 0.29) is 11.9 Å². The third-order valence-electron chi connectivity index (χ3n) is 3.82. The average molecular weight is 424 g/mol. The van der Waals surface area contributed by atoms with Gasteiger partial charge in [-0.15, -0.1) is 11.3 Å². The van der Waals surface area contributed by atoms with Crippen molar-refractivity contribution in [2.75, 3.05) is 6.54 Å². The fraction of sp³-hybridized carbons (Fsp3) is 0.294. The smallest absolute Gasteiger partial charge is 0.247 e. The molecule has 1 saturated heterocycles. The minimum atomic E-state index is 0.0757. The van der Waals surface area contributed by atoms with Gasteiger partial charge in [0, 0.05) is 21.6 Å². The number of rotatable bonds is 3. The molecule has 0 aliphatic carbocycles. The maximum Gasteiger partial charge on any atom is 0.247 e. The predicted octanol–water partition coefficient (Wildman–Crippen LogP) is 4.43. The Morgan fingerprint density at radius 1 is 1.41 bits per heavy atom. The highest BCUT2D eigenvalue weighted by atomic mass is 127. The number of carbonyl (C=O) groups excluding carboxylic acids is 1. The molecule has 3 nitrogen and oxygen atoms in total. The molecule has 0 unspecified atom stereocenters. The first kappa shape index (κ1) is 15.7. The lowest BCUT2D eigenvalue weighted by Gasteiger charge is -2.23. The first-order valence-electron chi connectivity index (χ1n) is 7.30. The van der Waals surface area contributed by atoms with Crippen molar-refractivity contribution in [3.05, 3.63) is 55.6 Å². The normalized spacial score (nSPS) is 18.3. The highest BCUT2D eigenvalue weighted by Crippen LogP contribution is 2.32. The molecule has 1 fully saturated rings. The molecule has 0 saturated carbocycles. The highest BCUT2D eigenvalue weighted by Gasteiger charge is 2.28. The molecule has 0 radical (unpaired) electrons. The van der Waals surface area contributed by atoms with Crippen LogP contribution >= 0.6 is 33.9 Å². The summed E-state index contributed by atoms with van der Waals surface area (Å²) in [5.74, 6) is 0.0757. The van der Waals surface area contributed by atoms with Gasteiger partial charge in [0.1, 0.15) is 0 Å². The van der Waals surface area contributed by atoms with Gasteiger partial charge in [0.15, 0.2) is 0 Å². The van der Waals surface area contributed by atoms with Gasteiger partial charge < -0.3 is 4.90 Å². The highest BCUT2D eigenvalue weighted by molar-refractivity contribution is 14.1. The van der Waals surface area contributed by atoms with E-state index < -0.39 is 0 Å². The van der Waals surface area contributed by atoms with Gasteiger partial charge in [0.2, 0.25) is 5.91 Å². The zero-order valence-corrected chi connectivity index (χ0v) is 15.3. The van der Waals surface area contributed by atoms with E-state index in [9.17, 15) is 4.79 Å². The lowest BCUT2D eigenvalue weighted by molar-refractivity contribution is -0.126. The lowest BCUT2D eigenvalue weighted by atomic mass is 10.0. The van der Waals surface area contributed by atoms with Crippen LogP contribution in [0.15, 0.2) is 35.7 Å². The van der Waals surface area contributed by atoms with E-state index in [2.05, 4.69) is 51.8 Å². The minimum Gasteiger partial charge on any atom is -0.332 e. The van der Waals surface area contributed by atoms with Crippen LogP contribution in [0.4, 0.5) is 0 Å². The second kappa shape index (κ2) is 6.91. The van der Waals surface area contributed by atoms with E-state index >= 15 is 0 Å². The molecule has 1 aliphatic heterocycles. The molecule has 3 rings (SSSR count). The minimum absolute atomic E-state index is 0.0757. The van der Waals surface area contributed by atoms with Crippen LogP contribution in [0.2, 0.25) is 0 Å². The van der Waals surface area contributed by atoms with Gasteiger partial charge in [0.25, 0.3) is 0 Å². The molecule has 1 atom stereocenters. The predicted molar refractivity (Wildman–Crippen MR) is 98.7 cm³/mol. The van der Waals surface area contributed by atoms with Crippen molar-refractivity contribution in [2.24, 2.45) is 0 Å². The summed E-state index contributed by atoms with van der Waals surface area (Å²) in [7, 11) is 0. The fourth-order valence-electron chi connectivity index (χ4n) is 2.77. The van der Waals surface area contributed by atoms with E-state index in [1.807, 2.05) is 23.3 Å². The van der Waals surface area contributed by atoms with Crippen molar-refractivity contribution in [1.29, 1.82) is 0 Å². The Labute approximate surface area is 148 Å². The van der Waals surface area contributed by atoms with E-state index in [4.69, 9.17) is 0 Å². The van der Waals surface area contributed by atoms with Gasteiger partial charge in [-0.2, -0.15) is 0 Å². The van der Waals surface area contributed by atoms with Gasteiger partial charge in [0.05, 0.1) is 16.7 Å². The van der Waals surface area contributed by atoms with Gasteiger partial charge in [-0.25, -0.2) is 4.98 Å². The quantitative estimate of drug-likeness (QED) is 0.540. The molecule has 2 aromatic rings. The number of halogens is 1. The van der Waals surface area contributed by atoms with Gasteiger partial charge in [-0.1, -0.05) is 12.1 Å². The van der Waals surface area contributed by atoms with Crippen molar-refractivity contribution in [2.45, 2.75) is 25.8 Å². The van der Waals surface area contributed by atoms with Crippen LogP contribution < -0.4 is 0 Å². The Kier molecular flexibility index (Phi) is 4.93. The monoisotopic (exact) mass is 424 g/mol. The van der Waals surface area contributed by atoms with Gasteiger partial charge in [-0.3, -0.25) is 4.79 Å². The number of aryl methyl sites for hydroxylation is 1. The molecule has 0 spiro atoms. The third-order valence-corrected chi connectivity index (χ3v) is 5.34. The van der Waals surface area contributed by atoms with Crippen molar-refractivity contribution >= 4 is 45.9 Å². The number of aromatic nitrogens is 1. The summed E-state index contributed by atoms with van der Waals surface area (Å²) in [5.41, 5.74) is 2.09. The lowest BCUT2D eigenvalue weighted by Crippen LogP contribution is -2.28. The largest absolute Gasteiger partial charge is 0.332 e. The number of likely N-dealkylation sites (tertiary alicyclic amines) is 1. The Hall–Kier alpha value is -1.21. The molecule has 5 heteroatoms. The molecular formula is C17H17IN2OS. The van der Waals surface area contributed by atoms with Crippen molar-refractivity contribution in [3.8, 4) is 0 Å². The second-order valence-corrected chi connectivity index (χ2v) is 7.67. The molecule has 2 heterocycles. The number of hydrogen-bond acceptors (Lipinski definition) is 3. The molecule has 1 aromatic heterocycles. The molecule has 0 N–H and O–H groups in total. The maximum absolute atomic E-state index is 12.5. The topological polar surface area (TPSA) is 33.2 Å². The summed E-state index contributed by atoms with van der Waals surface area (Å²) in [6.45, 7) is 2.80. The number of benzene rings is 1. The Balaban J connectivity index is 1.73. The summed E-state index contributed by atoms with van der Waals surface area (Å²) in [6.07, 6.45) is 5.57. The maximum atomic E-state index is 12.5. The number of nitrogens with zero attached hydrogens (tertiary/aromatic N) is 2. The fourth-order valence-corrected chi connectivity index (χ4v) is 3.71. The van der Waals surface area contributed by atoms with E-state index in [0.717, 1.165) is 30.1 Å². The molecule has 1 aromatic carbocycles. The van der Waals surface area contributed by atoms with Crippen molar-refractivity contribution in [1.82, 2.24) is 9.88 Å². The zero-order chi connectivity index (χ0) is 15.5. The van der Waals surface area contributed by atoms with Crippen molar-refractivity contribution in [3.63, 3.8) is 0 Å². The number of amides is 1. The SMILES string of the molecule is Cc1nc(/C=C\C(=O)N2CCC[C@@H]2c2ccc(I)cc2)cs1. The third kappa shape index (κ3) is 3.57. The Bertz CT molecular complexity index is 693. The number of thiazole rings is 1. The van der Waals surface area contributed by atoms with Crippen LogP contribution in [-0.2, 0) is 4.79 Å². The van der Waals surface area contributed by atoms with Gasteiger partial charge in [-0.05, 0) is 66.1 Å². The standard InChI is InChI=1S/C17H17IN2OS/c1-12-19-15(11-22-12)8-9-17(21)20-10-2-3-16(20)13-4-6-14(18)7-5-13/h4-9,11,16H,2-3,10H2,1H3/b9-8-/t16-/m1/s1. The first-order valence-corrected chi connectivity index (χ1v) is 9.25. The summed E-state index contributed by atoms with van der Waals surface area (Å²) in [5, 5.41) is 2.99. The zero-order valence-electron chi connectivity index (χ0n) is 12.3. The molecular weight excluding hydrogens is 407 g/mol. The van der Waals surface area contributed by atoms with E-state index in [0.29, 0.717) is 0 Å². The average Bonchev–Trinajstić information content (AvgIpc) is 3.14. The summed E-state index contributed by atoms with van der Waals surface area (Å²) in [4.78, 5) is 18.8. The van der Waals surface area contributed by atoms with Crippen molar-refractivity contribution < 1.29 is 4.79 Å². The second-order valence-electron chi connectivity index (χ2n) is 5.37. The Morgan fingerprint density at radius 3 is 2.86 bits per heavy atom. The van der Waals surface area contributed by atoms with Crippen LogP contribution in [0, 0.1) is 10.5 Å². The van der Waals surface area contributed by atoms with E-state index in [1.54, 1.807) is 17.4 Å². The molecule has 1 aliphatic rings. The summed E-state index contributed by atoms with van der Waals surface area (Å²) in [6, 6.07) is 8.67. The van der Waals surface area contributed by atoms with Crippen LogP contribution in [0.25, 0.3) is 6.08 Å². The van der Waals surface area contributed by atoms with Crippen LogP contribution in [0.3, 0.4) is 0 Å². The summed E-state index contributed by atoms with van der Waals surface area (Å²) < 4.78 is 1.22.